The lowest BCUT2D eigenvalue weighted by molar-refractivity contribution is 0.0527. The number of benzene rings is 1. The van der Waals surface area contributed by atoms with Crippen molar-refractivity contribution in [1.82, 2.24) is 0 Å². The van der Waals surface area contributed by atoms with Crippen molar-refractivity contribution in [1.29, 1.82) is 0 Å². The highest BCUT2D eigenvalue weighted by atomic mass is 35.5. The van der Waals surface area contributed by atoms with Gasteiger partial charge in [-0.25, -0.2) is 9.59 Å². The molecule has 0 radical (unpaired) electrons. The summed E-state index contributed by atoms with van der Waals surface area (Å²) in [7, 11) is 0. The maximum atomic E-state index is 12.9. The molecule has 2 heterocycles. The van der Waals surface area contributed by atoms with Crippen molar-refractivity contribution < 1.29 is 28.3 Å². The van der Waals surface area contributed by atoms with E-state index in [1.54, 1.807) is 39.0 Å². The van der Waals surface area contributed by atoms with Gasteiger partial charge in [-0.05, 0) is 57.0 Å². The zero-order chi connectivity index (χ0) is 23.4. The molecule has 0 aliphatic rings. The van der Waals surface area contributed by atoms with Gasteiger partial charge >= 0.3 is 11.9 Å². The largest absolute Gasteiger partial charge is 0.462 e. The SMILES string of the molecule is CCOC(=O)c1sc(NC(=O)c2ccc(-c3cccc(Cl)c3C)o2)c(C(=O)OCC)c1C. The fourth-order valence-electron chi connectivity index (χ4n) is 3.09. The fourth-order valence-corrected chi connectivity index (χ4v) is 4.34. The van der Waals surface area contributed by atoms with E-state index in [2.05, 4.69) is 5.32 Å². The second-order valence-electron chi connectivity index (χ2n) is 6.73. The van der Waals surface area contributed by atoms with Crippen LogP contribution in [-0.2, 0) is 9.47 Å². The molecule has 0 aliphatic heterocycles. The van der Waals surface area contributed by atoms with Crippen molar-refractivity contribution in [3.8, 4) is 11.3 Å². The molecule has 0 unspecified atom stereocenters. The number of thiophene rings is 1. The Morgan fingerprint density at radius 3 is 2.38 bits per heavy atom. The molecule has 2 aromatic heterocycles. The molecule has 168 valence electrons. The van der Waals surface area contributed by atoms with Gasteiger partial charge < -0.3 is 19.2 Å². The standard InChI is InChI=1S/C23H22ClNO6S/c1-5-29-22(27)18-13(4)19(23(28)30-6-2)32-21(18)25-20(26)17-11-10-16(31-17)14-8-7-9-15(24)12(14)3/h7-11H,5-6H2,1-4H3,(H,25,26). The number of furan rings is 1. The molecule has 0 fully saturated rings. The summed E-state index contributed by atoms with van der Waals surface area (Å²) in [6.45, 7) is 7.16. The number of esters is 2. The molecule has 3 rings (SSSR count). The van der Waals surface area contributed by atoms with Crippen molar-refractivity contribution in [2.75, 3.05) is 18.5 Å². The van der Waals surface area contributed by atoms with Crippen LogP contribution in [0.5, 0.6) is 0 Å². The van der Waals surface area contributed by atoms with Crippen LogP contribution in [0.25, 0.3) is 11.3 Å². The molecule has 7 nitrogen and oxygen atoms in total. The van der Waals surface area contributed by atoms with Crippen LogP contribution in [0.1, 0.15) is 55.6 Å². The van der Waals surface area contributed by atoms with E-state index in [0.717, 1.165) is 22.5 Å². The number of hydrogen-bond donors (Lipinski definition) is 1. The van der Waals surface area contributed by atoms with E-state index < -0.39 is 17.8 Å². The summed E-state index contributed by atoms with van der Waals surface area (Å²) in [6.07, 6.45) is 0. The molecule has 1 N–H and O–H groups in total. The van der Waals surface area contributed by atoms with Crippen LogP contribution >= 0.6 is 22.9 Å². The molecule has 32 heavy (non-hydrogen) atoms. The number of carbonyl (C=O) groups is 3. The summed E-state index contributed by atoms with van der Waals surface area (Å²) in [6, 6.07) is 8.61. The van der Waals surface area contributed by atoms with Gasteiger partial charge in [-0.2, -0.15) is 0 Å². The predicted molar refractivity (Wildman–Crippen MR) is 123 cm³/mol. The maximum absolute atomic E-state index is 12.9. The minimum Gasteiger partial charge on any atom is -0.462 e. The Hall–Kier alpha value is -3.10. The van der Waals surface area contributed by atoms with E-state index in [0.29, 0.717) is 16.3 Å². The van der Waals surface area contributed by atoms with Crippen LogP contribution in [0.3, 0.4) is 0 Å². The topological polar surface area (TPSA) is 94.8 Å². The minimum absolute atomic E-state index is 0.0397. The van der Waals surface area contributed by atoms with Crippen molar-refractivity contribution in [2.45, 2.75) is 27.7 Å². The fraction of sp³-hybridized carbons (Fsp3) is 0.261. The number of rotatable bonds is 7. The molecular formula is C23H22ClNO6S. The highest BCUT2D eigenvalue weighted by molar-refractivity contribution is 7.18. The van der Waals surface area contributed by atoms with Crippen molar-refractivity contribution in [3.63, 3.8) is 0 Å². The quantitative estimate of drug-likeness (QED) is 0.428. The molecule has 0 saturated carbocycles. The Bertz CT molecular complexity index is 1180. The number of carbonyl (C=O) groups excluding carboxylic acids is 3. The number of ether oxygens (including phenoxy) is 2. The Balaban J connectivity index is 1.93. The first-order valence-corrected chi connectivity index (χ1v) is 11.1. The summed E-state index contributed by atoms with van der Waals surface area (Å²) in [5.41, 5.74) is 2.09. The number of amides is 1. The van der Waals surface area contributed by atoms with Crippen molar-refractivity contribution in [3.05, 3.63) is 62.7 Å². The Morgan fingerprint density at radius 2 is 1.69 bits per heavy atom. The molecular weight excluding hydrogens is 454 g/mol. The molecule has 1 aromatic carbocycles. The molecule has 9 heteroatoms. The van der Waals surface area contributed by atoms with E-state index >= 15 is 0 Å². The molecule has 0 spiro atoms. The third-order valence-electron chi connectivity index (χ3n) is 4.68. The first-order valence-electron chi connectivity index (χ1n) is 9.92. The number of hydrogen-bond acceptors (Lipinski definition) is 7. The second-order valence-corrected chi connectivity index (χ2v) is 8.16. The van der Waals surface area contributed by atoms with E-state index in [9.17, 15) is 14.4 Å². The summed E-state index contributed by atoms with van der Waals surface area (Å²) >= 11 is 7.13. The van der Waals surface area contributed by atoms with Gasteiger partial charge in [0.1, 0.15) is 15.6 Å². The summed E-state index contributed by atoms with van der Waals surface area (Å²) < 4.78 is 15.9. The van der Waals surface area contributed by atoms with Gasteiger partial charge in [0, 0.05) is 10.6 Å². The van der Waals surface area contributed by atoms with Gasteiger partial charge in [-0.3, -0.25) is 4.79 Å². The van der Waals surface area contributed by atoms with Crippen molar-refractivity contribution in [2.24, 2.45) is 0 Å². The van der Waals surface area contributed by atoms with Crippen molar-refractivity contribution >= 4 is 45.8 Å². The molecule has 0 atom stereocenters. The normalized spacial score (nSPS) is 10.7. The zero-order valence-corrected chi connectivity index (χ0v) is 19.6. The first kappa shape index (κ1) is 23.6. The number of nitrogens with one attached hydrogen (secondary N) is 1. The lowest BCUT2D eigenvalue weighted by Gasteiger charge is -2.06. The van der Waals surface area contributed by atoms with Crippen LogP contribution in [0.2, 0.25) is 5.02 Å². The van der Waals surface area contributed by atoms with E-state index in [1.807, 2.05) is 13.0 Å². The average Bonchev–Trinajstić information content (AvgIpc) is 3.35. The van der Waals surface area contributed by atoms with Gasteiger partial charge in [-0.1, -0.05) is 23.7 Å². The Morgan fingerprint density at radius 1 is 1.00 bits per heavy atom. The summed E-state index contributed by atoms with van der Waals surface area (Å²) in [4.78, 5) is 37.9. The molecule has 1 amide bonds. The molecule has 0 bridgehead atoms. The molecule has 3 aromatic rings. The lowest BCUT2D eigenvalue weighted by atomic mass is 10.1. The lowest BCUT2D eigenvalue weighted by Crippen LogP contribution is -2.14. The van der Waals surface area contributed by atoms with E-state index in [1.165, 1.54) is 6.07 Å². The third-order valence-corrected chi connectivity index (χ3v) is 6.27. The first-order chi connectivity index (χ1) is 15.3. The van der Waals surface area contributed by atoms with Gasteiger partial charge in [0.2, 0.25) is 0 Å². The smallest absolute Gasteiger partial charge is 0.348 e. The third kappa shape index (κ3) is 4.71. The summed E-state index contributed by atoms with van der Waals surface area (Å²) in [5, 5.41) is 3.44. The van der Waals surface area contributed by atoms with Crippen LogP contribution in [-0.4, -0.2) is 31.1 Å². The van der Waals surface area contributed by atoms with Crippen LogP contribution in [0.15, 0.2) is 34.7 Å². The monoisotopic (exact) mass is 475 g/mol. The predicted octanol–water partition coefficient (Wildman–Crippen LogP) is 5.88. The minimum atomic E-state index is -0.637. The highest BCUT2D eigenvalue weighted by Crippen LogP contribution is 2.35. The summed E-state index contributed by atoms with van der Waals surface area (Å²) in [5.74, 6) is -1.26. The Labute approximate surface area is 194 Å². The molecule has 0 aliphatic carbocycles. The van der Waals surface area contributed by atoms with Crippen LogP contribution < -0.4 is 5.32 Å². The Kier molecular flexibility index (Phi) is 7.37. The van der Waals surface area contributed by atoms with Gasteiger partial charge in [0.25, 0.3) is 5.91 Å². The highest BCUT2D eigenvalue weighted by Gasteiger charge is 2.28. The van der Waals surface area contributed by atoms with Gasteiger partial charge in [-0.15, -0.1) is 11.3 Å². The van der Waals surface area contributed by atoms with E-state index in [4.69, 9.17) is 25.5 Å². The number of halogens is 1. The van der Waals surface area contributed by atoms with E-state index in [-0.39, 0.29) is 34.4 Å². The van der Waals surface area contributed by atoms with Crippen LogP contribution in [0.4, 0.5) is 5.00 Å². The second kappa shape index (κ2) is 10.0. The number of anilines is 1. The average molecular weight is 476 g/mol. The van der Waals surface area contributed by atoms with Gasteiger partial charge in [0.15, 0.2) is 5.76 Å². The zero-order valence-electron chi connectivity index (χ0n) is 18.0. The van der Waals surface area contributed by atoms with Crippen LogP contribution in [0, 0.1) is 13.8 Å². The molecule has 0 saturated heterocycles. The van der Waals surface area contributed by atoms with Gasteiger partial charge in [0.05, 0.1) is 18.8 Å². The maximum Gasteiger partial charge on any atom is 0.348 e.